The molecular formula is C17H16ClNO2. The Kier molecular flexibility index (Phi) is 3.84. The van der Waals surface area contributed by atoms with Gasteiger partial charge in [-0.05, 0) is 55.2 Å². The standard InChI is InChI=1S/C17H16ClNO2/c1-11-2-3-13(16(18)8-11)10-21-14-5-6-15-12(9-14)4-7-17(15)19-20/h2-3,5-6,8-9,20H,4,7,10H2,1H3/b19-17+. The van der Waals surface area contributed by atoms with E-state index in [0.29, 0.717) is 6.61 Å². The Hall–Kier alpha value is -2.00. The summed E-state index contributed by atoms with van der Waals surface area (Å²) in [6.45, 7) is 2.45. The van der Waals surface area contributed by atoms with Gasteiger partial charge in [-0.3, -0.25) is 0 Å². The SMILES string of the molecule is Cc1ccc(COc2ccc3c(c2)CC/C3=N\O)c(Cl)c1. The largest absolute Gasteiger partial charge is 0.489 e. The average molecular weight is 302 g/mol. The highest BCUT2D eigenvalue weighted by Gasteiger charge is 2.18. The van der Waals surface area contributed by atoms with Crippen LogP contribution < -0.4 is 4.74 Å². The third-order valence-electron chi connectivity index (χ3n) is 3.74. The zero-order valence-electron chi connectivity index (χ0n) is 11.8. The molecule has 0 aromatic heterocycles. The Balaban J connectivity index is 1.75. The molecule has 0 amide bonds. The Morgan fingerprint density at radius 1 is 1.19 bits per heavy atom. The van der Waals surface area contributed by atoms with Crippen LogP contribution in [0.15, 0.2) is 41.6 Å². The highest BCUT2D eigenvalue weighted by Crippen LogP contribution is 2.27. The number of ether oxygens (including phenoxy) is 1. The van der Waals surface area contributed by atoms with Crippen LogP contribution in [-0.4, -0.2) is 10.9 Å². The second-order valence-electron chi connectivity index (χ2n) is 5.25. The first kappa shape index (κ1) is 14.0. The first-order valence-electron chi connectivity index (χ1n) is 6.89. The van der Waals surface area contributed by atoms with Gasteiger partial charge in [-0.1, -0.05) is 28.9 Å². The topological polar surface area (TPSA) is 41.8 Å². The van der Waals surface area contributed by atoms with E-state index in [2.05, 4.69) is 5.16 Å². The van der Waals surface area contributed by atoms with Crippen LogP contribution in [0.1, 0.15) is 28.7 Å². The molecule has 0 saturated heterocycles. The van der Waals surface area contributed by atoms with Crippen LogP contribution in [0.3, 0.4) is 0 Å². The van der Waals surface area contributed by atoms with Crippen LogP contribution in [-0.2, 0) is 13.0 Å². The molecule has 0 fully saturated rings. The lowest BCUT2D eigenvalue weighted by Crippen LogP contribution is -1.98. The van der Waals surface area contributed by atoms with Gasteiger partial charge in [0.1, 0.15) is 12.4 Å². The maximum atomic E-state index is 8.93. The summed E-state index contributed by atoms with van der Waals surface area (Å²) >= 11 is 6.20. The maximum Gasteiger partial charge on any atom is 0.120 e. The van der Waals surface area contributed by atoms with Crippen molar-refractivity contribution in [1.29, 1.82) is 0 Å². The van der Waals surface area contributed by atoms with E-state index in [0.717, 1.165) is 51.6 Å². The van der Waals surface area contributed by atoms with Crippen molar-refractivity contribution in [3.05, 3.63) is 63.7 Å². The van der Waals surface area contributed by atoms with E-state index in [9.17, 15) is 0 Å². The Bertz CT molecular complexity index is 710. The van der Waals surface area contributed by atoms with E-state index < -0.39 is 0 Å². The van der Waals surface area contributed by atoms with Crippen LogP contribution in [0.4, 0.5) is 0 Å². The van der Waals surface area contributed by atoms with Gasteiger partial charge in [-0.25, -0.2) is 0 Å². The molecule has 0 heterocycles. The number of aryl methyl sites for hydroxylation is 2. The minimum atomic E-state index is 0.443. The zero-order valence-corrected chi connectivity index (χ0v) is 12.5. The third-order valence-corrected chi connectivity index (χ3v) is 4.09. The summed E-state index contributed by atoms with van der Waals surface area (Å²) in [4.78, 5) is 0. The molecule has 0 aliphatic heterocycles. The first-order chi connectivity index (χ1) is 10.2. The van der Waals surface area contributed by atoms with Gasteiger partial charge in [0.15, 0.2) is 0 Å². The van der Waals surface area contributed by atoms with Crippen LogP contribution in [0.5, 0.6) is 5.75 Å². The Morgan fingerprint density at radius 2 is 2.05 bits per heavy atom. The normalized spacial score (nSPS) is 15.2. The van der Waals surface area contributed by atoms with E-state index in [1.54, 1.807) is 0 Å². The van der Waals surface area contributed by atoms with Crippen molar-refractivity contribution in [2.75, 3.05) is 0 Å². The number of hydrogen-bond acceptors (Lipinski definition) is 3. The van der Waals surface area contributed by atoms with Crippen molar-refractivity contribution in [2.45, 2.75) is 26.4 Å². The highest BCUT2D eigenvalue weighted by atomic mass is 35.5. The molecule has 2 aromatic rings. The molecule has 1 aliphatic rings. The second-order valence-corrected chi connectivity index (χ2v) is 5.66. The quantitative estimate of drug-likeness (QED) is 0.676. The molecule has 0 atom stereocenters. The van der Waals surface area contributed by atoms with Crippen LogP contribution >= 0.6 is 11.6 Å². The average Bonchev–Trinajstić information content (AvgIpc) is 2.88. The Morgan fingerprint density at radius 3 is 2.81 bits per heavy atom. The number of oxime groups is 1. The smallest absolute Gasteiger partial charge is 0.120 e. The minimum Gasteiger partial charge on any atom is -0.489 e. The van der Waals surface area contributed by atoms with Gasteiger partial charge in [0.05, 0.1) is 5.71 Å². The molecule has 0 saturated carbocycles. The third kappa shape index (κ3) is 2.88. The van der Waals surface area contributed by atoms with Gasteiger partial charge < -0.3 is 9.94 Å². The lowest BCUT2D eigenvalue weighted by molar-refractivity contribution is 0.306. The van der Waals surface area contributed by atoms with Gasteiger partial charge in [-0.15, -0.1) is 0 Å². The molecule has 1 aliphatic carbocycles. The van der Waals surface area contributed by atoms with Gasteiger partial charge in [0, 0.05) is 16.1 Å². The fourth-order valence-corrected chi connectivity index (χ4v) is 2.86. The van der Waals surface area contributed by atoms with Crippen molar-refractivity contribution in [3.63, 3.8) is 0 Å². The molecule has 0 bridgehead atoms. The summed E-state index contributed by atoms with van der Waals surface area (Å²) < 4.78 is 5.82. The maximum absolute atomic E-state index is 8.93. The molecule has 3 nitrogen and oxygen atoms in total. The van der Waals surface area contributed by atoms with Gasteiger partial charge in [-0.2, -0.15) is 0 Å². The fourth-order valence-electron chi connectivity index (χ4n) is 2.57. The molecule has 108 valence electrons. The number of nitrogens with zero attached hydrogens (tertiary/aromatic N) is 1. The molecule has 1 N–H and O–H groups in total. The van der Waals surface area contributed by atoms with Crippen LogP contribution in [0, 0.1) is 6.92 Å². The second kappa shape index (κ2) is 5.78. The molecule has 2 aromatic carbocycles. The predicted octanol–water partition coefficient (Wildman–Crippen LogP) is 4.35. The monoisotopic (exact) mass is 301 g/mol. The van der Waals surface area contributed by atoms with E-state index in [-0.39, 0.29) is 0 Å². The predicted molar refractivity (Wildman–Crippen MR) is 83.6 cm³/mol. The molecule has 4 heteroatoms. The number of fused-ring (bicyclic) bond motifs is 1. The summed E-state index contributed by atoms with van der Waals surface area (Å²) in [6.07, 6.45) is 1.66. The number of rotatable bonds is 3. The van der Waals surface area contributed by atoms with Crippen molar-refractivity contribution in [1.82, 2.24) is 0 Å². The first-order valence-corrected chi connectivity index (χ1v) is 7.27. The van der Waals surface area contributed by atoms with Crippen molar-refractivity contribution in [3.8, 4) is 5.75 Å². The number of halogens is 1. The molecule has 21 heavy (non-hydrogen) atoms. The molecule has 0 unspecified atom stereocenters. The summed E-state index contributed by atoms with van der Waals surface area (Å²) in [6, 6.07) is 11.8. The summed E-state index contributed by atoms with van der Waals surface area (Å²) in [5, 5.41) is 13.0. The minimum absolute atomic E-state index is 0.443. The van der Waals surface area contributed by atoms with Crippen LogP contribution in [0.2, 0.25) is 5.02 Å². The van der Waals surface area contributed by atoms with E-state index in [1.807, 2.05) is 43.3 Å². The van der Waals surface area contributed by atoms with Crippen molar-refractivity contribution < 1.29 is 9.94 Å². The fraction of sp³-hybridized carbons (Fsp3) is 0.235. The van der Waals surface area contributed by atoms with E-state index in [4.69, 9.17) is 21.5 Å². The molecular weight excluding hydrogens is 286 g/mol. The van der Waals surface area contributed by atoms with Crippen molar-refractivity contribution >= 4 is 17.3 Å². The van der Waals surface area contributed by atoms with Crippen LogP contribution in [0.25, 0.3) is 0 Å². The number of hydrogen-bond donors (Lipinski definition) is 1. The summed E-state index contributed by atoms with van der Waals surface area (Å²) in [7, 11) is 0. The lowest BCUT2D eigenvalue weighted by atomic mass is 10.1. The zero-order chi connectivity index (χ0) is 14.8. The molecule has 0 spiro atoms. The Labute approximate surface area is 128 Å². The number of benzene rings is 2. The molecule has 0 radical (unpaired) electrons. The molecule has 3 rings (SSSR count). The summed E-state index contributed by atoms with van der Waals surface area (Å²) in [5.41, 5.74) is 5.03. The summed E-state index contributed by atoms with van der Waals surface area (Å²) in [5.74, 6) is 0.810. The lowest BCUT2D eigenvalue weighted by Gasteiger charge is -2.10. The van der Waals surface area contributed by atoms with Gasteiger partial charge >= 0.3 is 0 Å². The van der Waals surface area contributed by atoms with E-state index in [1.165, 1.54) is 0 Å². The van der Waals surface area contributed by atoms with Gasteiger partial charge in [0.25, 0.3) is 0 Å². The van der Waals surface area contributed by atoms with Crippen molar-refractivity contribution in [2.24, 2.45) is 5.16 Å². The van der Waals surface area contributed by atoms with Gasteiger partial charge in [0.2, 0.25) is 0 Å². The highest BCUT2D eigenvalue weighted by molar-refractivity contribution is 6.31. The van der Waals surface area contributed by atoms with E-state index >= 15 is 0 Å².